The maximum atomic E-state index is 2.73. The van der Waals surface area contributed by atoms with E-state index in [1.165, 1.54) is 174 Å². The largest absolute Gasteiger partial charge is 0.310 e. The predicted octanol–water partition coefficient (Wildman–Crippen LogP) is 27.0. The van der Waals surface area contributed by atoms with Crippen molar-refractivity contribution < 1.29 is 0 Å². The Hall–Kier alpha value is -10.0. The van der Waals surface area contributed by atoms with Crippen molar-refractivity contribution in [3.8, 4) is 66.8 Å². The summed E-state index contributed by atoms with van der Waals surface area (Å²) in [6.07, 6.45) is 0. The molecule has 2 aliphatic rings. The fraction of sp³-hybridized carbons (Fsp3) is 0.204. The Bertz CT molecular complexity index is 5370. The summed E-state index contributed by atoms with van der Waals surface area (Å²) in [5.41, 5.74) is 31.2. The molecule has 0 N–H and O–H groups in total. The van der Waals surface area contributed by atoms with Crippen molar-refractivity contribution >= 4 is 120 Å². The fourth-order valence-electron chi connectivity index (χ4n) is 16.4. The number of thiophene rings is 2. The molecule has 0 saturated heterocycles. The van der Waals surface area contributed by atoms with E-state index in [2.05, 4.69) is 381 Å². The molecule has 2 nitrogen and oxygen atoms in total. The molecule has 506 valence electrons. The number of hydrogen-bond donors (Lipinski definition) is 0. The van der Waals surface area contributed by atoms with E-state index in [4.69, 9.17) is 0 Å². The second-order valence-electron chi connectivity index (χ2n) is 34.1. The summed E-state index contributed by atoms with van der Waals surface area (Å²) >= 11 is 3.78. The molecule has 0 radical (unpaired) electrons. The lowest BCUT2D eigenvalue weighted by atomic mass is 9.33. The van der Waals surface area contributed by atoms with Crippen molar-refractivity contribution in [2.24, 2.45) is 0 Å². The molecule has 0 saturated carbocycles. The summed E-state index contributed by atoms with van der Waals surface area (Å²) in [6, 6.07) is 104. The molecule has 0 unspecified atom stereocenters. The van der Waals surface area contributed by atoms with Gasteiger partial charge in [-0.05, 0) is 164 Å². The van der Waals surface area contributed by atoms with Gasteiger partial charge in [0.15, 0.2) is 0 Å². The van der Waals surface area contributed by atoms with Crippen LogP contribution in [0.1, 0.15) is 132 Å². The van der Waals surface area contributed by atoms with Gasteiger partial charge in [-0.15, -0.1) is 22.7 Å². The monoisotopic (exact) mass is 1370 g/mol. The molecule has 2 aliphatic heterocycles. The first-order chi connectivity index (χ1) is 49.2. The third kappa shape index (κ3) is 11.4. The van der Waals surface area contributed by atoms with Crippen molar-refractivity contribution in [2.75, 3.05) is 9.80 Å². The van der Waals surface area contributed by atoms with Crippen LogP contribution in [0.4, 0.5) is 34.1 Å². The Balaban J connectivity index is 1.04. The SMILES string of the molecule is CC(C)(C)c1ccc(-c2cccc(-c3ccc(C(C)(C)C)cc3)c2N2c3ccc(-c4cccc5sc6ccccc6c45)cc3B3c4cc(-c5cccc6sc7ccccc7c56)ccc4N(c4c(-c5ccc(C(C)(C)C)cc5)cccc4-c4ccc(C(C)(C)C)cc4)c4cc(C(C)(C)C)cc2c43)cc1. The maximum Gasteiger partial charge on any atom is 0.252 e. The van der Waals surface area contributed by atoms with Crippen molar-refractivity contribution in [1.29, 1.82) is 0 Å². The Labute approximate surface area is 618 Å². The summed E-state index contributed by atoms with van der Waals surface area (Å²) in [5, 5.41) is 5.20. The topological polar surface area (TPSA) is 6.48 Å². The molecule has 0 aliphatic carbocycles. The molecule has 0 bridgehead atoms. The highest BCUT2D eigenvalue weighted by atomic mass is 32.1. The lowest BCUT2D eigenvalue weighted by molar-refractivity contribution is 0.590. The highest BCUT2D eigenvalue weighted by Crippen LogP contribution is 2.55. The summed E-state index contributed by atoms with van der Waals surface area (Å²) in [7, 11) is 0. The van der Waals surface area contributed by atoms with Crippen LogP contribution in [0.25, 0.3) is 107 Å². The van der Waals surface area contributed by atoms with Crippen molar-refractivity contribution in [2.45, 2.75) is 131 Å². The zero-order chi connectivity index (χ0) is 71.4. The smallest absolute Gasteiger partial charge is 0.252 e. The molecule has 5 heteroatoms. The maximum absolute atomic E-state index is 2.73. The van der Waals surface area contributed by atoms with Crippen LogP contribution < -0.4 is 26.2 Å². The highest BCUT2D eigenvalue weighted by molar-refractivity contribution is 7.26. The molecular formula is C98H89BN2S2. The second kappa shape index (κ2) is 24.3. The average molecular weight is 1370 g/mol. The zero-order valence-corrected chi connectivity index (χ0v) is 63.8. The summed E-state index contributed by atoms with van der Waals surface area (Å²) in [4.78, 5) is 5.47. The van der Waals surface area contributed by atoms with Crippen LogP contribution in [0.2, 0.25) is 0 Å². The lowest BCUT2D eigenvalue weighted by Gasteiger charge is -2.46. The summed E-state index contributed by atoms with van der Waals surface area (Å²) < 4.78 is 5.19. The van der Waals surface area contributed by atoms with Crippen LogP contribution in [-0.2, 0) is 27.1 Å². The second-order valence-corrected chi connectivity index (χ2v) is 36.3. The van der Waals surface area contributed by atoms with E-state index in [1.807, 2.05) is 22.7 Å². The molecular weight excluding hydrogens is 1280 g/mol. The van der Waals surface area contributed by atoms with E-state index in [9.17, 15) is 0 Å². The van der Waals surface area contributed by atoms with E-state index in [0.717, 1.165) is 11.4 Å². The first-order valence-corrected chi connectivity index (χ1v) is 38.5. The minimum absolute atomic E-state index is 0.0289. The molecule has 0 spiro atoms. The summed E-state index contributed by atoms with van der Waals surface area (Å²) in [5.74, 6) is 0. The van der Waals surface area contributed by atoms with E-state index in [0.29, 0.717) is 0 Å². The van der Waals surface area contributed by atoms with Crippen LogP contribution >= 0.6 is 22.7 Å². The van der Waals surface area contributed by atoms with Gasteiger partial charge in [-0.1, -0.05) is 322 Å². The zero-order valence-electron chi connectivity index (χ0n) is 62.2. The molecule has 15 aromatic rings. The molecule has 0 amide bonds. The number of fused-ring (bicyclic) bond motifs is 10. The number of nitrogens with zero attached hydrogens (tertiary/aromatic N) is 2. The van der Waals surface area contributed by atoms with E-state index in [-0.39, 0.29) is 33.8 Å². The van der Waals surface area contributed by atoms with Gasteiger partial charge in [0.2, 0.25) is 0 Å². The van der Waals surface area contributed by atoms with Crippen LogP contribution in [-0.4, -0.2) is 6.71 Å². The van der Waals surface area contributed by atoms with Crippen LogP contribution in [0.3, 0.4) is 0 Å². The van der Waals surface area contributed by atoms with E-state index < -0.39 is 0 Å². The van der Waals surface area contributed by atoms with Gasteiger partial charge in [0, 0.05) is 85.3 Å². The van der Waals surface area contributed by atoms with Gasteiger partial charge in [0.05, 0.1) is 11.4 Å². The predicted molar refractivity (Wildman–Crippen MR) is 452 cm³/mol. The minimum Gasteiger partial charge on any atom is -0.310 e. The number of para-hydroxylation sites is 2. The van der Waals surface area contributed by atoms with Gasteiger partial charge in [-0.2, -0.15) is 0 Å². The Kier molecular flexibility index (Phi) is 15.6. The lowest BCUT2D eigenvalue weighted by Crippen LogP contribution is -2.61. The fourth-order valence-corrected chi connectivity index (χ4v) is 18.6. The molecule has 4 heterocycles. The van der Waals surface area contributed by atoms with Gasteiger partial charge in [-0.3, -0.25) is 0 Å². The van der Waals surface area contributed by atoms with E-state index >= 15 is 0 Å². The quantitative estimate of drug-likeness (QED) is 0.140. The van der Waals surface area contributed by atoms with Gasteiger partial charge in [-0.25, -0.2) is 0 Å². The number of hydrogen-bond acceptors (Lipinski definition) is 4. The average Bonchev–Trinajstić information content (AvgIpc) is 1.23. The summed E-state index contributed by atoms with van der Waals surface area (Å²) in [6.45, 7) is 34.8. The first-order valence-electron chi connectivity index (χ1n) is 36.8. The number of benzene rings is 13. The minimum atomic E-state index is -0.293. The highest BCUT2D eigenvalue weighted by Gasteiger charge is 2.46. The Morgan fingerprint density at radius 2 is 0.524 bits per heavy atom. The first kappa shape index (κ1) is 66.2. The van der Waals surface area contributed by atoms with Crippen LogP contribution in [0.5, 0.6) is 0 Å². The van der Waals surface area contributed by atoms with Gasteiger partial charge >= 0.3 is 0 Å². The molecule has 103 heavy (non-hydrogen) atoms. The third-order valence-electron chi connectivity index (χ3n) is 22.1. The van der Waals surface area contributed by atoms with Gasteiger partial charge in [0.25, 0.3) is 6.71 Å². The number of anilines is 6. The Morgan fingerprint density at radius 3 is 0.845 bits per heavy atom. The molecule has 17 rings (SSSR count). The molecule has 0 fully saturated rings. The van der Waals surface area contributed by atoms with Crippen LogP contribution in [0, 0.1) is 0 Å². The van der Waals surface area contributed by atoms with Crippen molar-refractivity contribution in [3.05, 3.63) is 295 Å². The van der Waals surface area contributed by atoms with Crippen molar-refractivity contribution in [3.63, 3.8) is 0 Å². The number of rotatable bonds is 8. The van der Waals surface area contributed by atoms with Gasteiger partial charge < -0.3 is 9.80 Å². The van der Waals surface area contributed by atoms with E-state index in [1.54, 1.807) is 0 Å². The molecule has 2 aromatic heterocycles. The Morgan fingerprint density at radius 1 is 0.243 bits per heavy atom. The van der Waals surface area contributed by atoms with Crippen molar-refractivity contribution in [1.82, 2.24) is 0 Å². The molecule has 0 atom stereocenters. The van der Waals surface area contributed by atoms with Crippen LogP contribution in [0.15, 0.2) is 267 Å². The standard InChI is InChI=1S/C98H89BN2S2/c1-94(2,3)66-46-36-60(37-47-66)73-28-20-29-74(61-38-48-67(49-39-61)95(4,5)6)92(73)100-81-54-44-64(71-26-22-34-87-89(71)77-24-16-18-32-85(77)102-87)56-79(81)99-80-57-65(72-27-23-35-88-90(72)78-25-17-19-33-86(78)103-88)45-55-82(80)101(84-59-70(98(13,14)15)58-83(100)91(84)99)93-75(62-40-50-68(51-41-62)96(7,8)9)30-21-31-76(93)63-42-52-69(53-43-63)97(10,11)12/h16-59H,1-15H3. The normalized spacial score (nSPS) is 13.3. The van der Waals surface area contributed by atoms with Gasteiger partial charge in [0.1, 0.15) is 0 Å². The molecule has 13 aromatic carbocycles. The third-order valence-corrected chi connectivity index (χ3v) is 24.4.